The van der Waals surface area contributed by atoms with E-state index in [-0.39, 0.29) is 0 Å². The van der Waals surface area contributed by atoms with E-state index in [0.29, 0.717) is 0 Å². The lowest BCUT2D eigenvalue weighted by molar-refractivity contribution is 1.52. The Bertz CT molecular complexity index is 1200. The zero-order valence-electron chi connectivity index (χ0n) is 14.7. The van der Waals surface area contributed by atoms with Gasteiger partial charge in [0.05, 0.1) is 0 Å². The second kappa shape index (κ2) is 6.22. The van der Waals surface area contributed by atoms with Crippen LogP contribution in [0.15, 0.2) is 82.6 Å². The molecule has 5 rings (SSSR count). The summed E-state index contributed by atoms with van der Waals surface area (Å²) in [5, 5.41) is 10.5. The lowest BCUT2D eigenvalue weighted by atomic mass is 9.97. The number of hydrogen-bond acceptors (Lipinski definition) is 2. The van der Waals surface area contributed by atoms with Gasteiger partial charge in [0.25, 0.3) is 0 Å². The number of hydrogen-bond donors (Lipinski definition) is 0. The predicted molar refractivity (Wildman–Crippen MR) is 120 cm³/mol. The van der Waals surface area contributed by atoms with Gasteiger partial charge in [-0.05, 0) is 116 Å². The smallest absolute Gasteiger partial charge is 0.00755 e. The van der Waals surface area contributed by atoms with Crippen LogP contribution in [0.4, 0.5) is 0 Å². The summed E-state index contributed by atoms with van der Waals surface area (Å²) in [6.45, 7) is 0. The highest BCUT2D eigenvalue weighted by atomic mass is 32.2. The molecule has 126 valence electrons. The van der Waals surface area contributed by atoms with Crippen LogP contribution < -0.4 is 0 Å². The second-order valence-corrected chi connectivity index (χ2v) is 8.44. The van der Waals surface area contributed by atoms with Gasteiger partial charge in [0.1, 0.15) is 0 Å². The zero-order valence-corrected chi connectivity index (χ0v) is 16.4. The van der Waals surface area contributed by atoms with E-state index in [1.165, 1.54) is 52.9 Å². The van der Waals surface area contributed by atoms with Crippen molar-refractivity contribution in [1.82, 2.24) is 0 Å². The quantitative estimate of drug-likeness (QED) is 0.230. The van der Waals surface area contributed by atoms with Crippen LogP contribution in [0.5, 0.6) is 0 Å². The summed E-state index contributed by atoms with van der Waals surface area (Å²) in [5.74, 6) is 0. The largest absolute Gasteiger partial charge is 0.130 e. The van der Waals surface area contributed by atoms with E-state index in [4.69, 9.17) is 0 Å². The van der Waals surface area contributed by atoms with Crippen LogP contribution in [0, 0.1) is 0 Å². The summed E-state index contributed by atoms with van der Waals surface area (Å²) < 4.78 is 0. The molecule has 0 aromatic heterocycles. The standard InChI is InChI=1S/C24H18S2/c1-25-23-5-3-15-7-17-9-18-8-16-4-6-24(26-2)14-22(16)12-20(18)10-19(17)11-21(15)13-23/h3-14H,1-2H3. The third kappa shape index (κ3) is 2.65. The Kier molecular flexibility index (Phi) is 3.84. The minimum absolute atomic E-state index is 1.31. The fourth-order valence-electron chi connectivity index (χ4n) is 3.71. The van der Waals surface area contributed by atoms with E-state index in [0.717, 1.165) is 0 Å². The lowest BCUT2D eigenvalue weighted by Crippen LogP contribution is -1.81. The first-order valence-corrected chi connectivity index (χ1v) is 11.1. The van der Waals surface area contributed by atoms with Crippen molar-refractivity contribution in [3.8, 4) is 0 Å². The maximum atomic E-state index is 2.33. The molecule has 0 N–H and O–H groups in total. The lowest BCUT2D eigenvalue weighted by Gasteiger charge is -2.08. The summed E-state index contributed by atoms with van der Waals surface area (Å²) in [6, 6.07) is 27.4. The molecule has 0 unspecified atom stereocenters. The molecule has 0 amide bonds. The molecule has 2 heteroatoms. The monoisotopic (exact) mass is 370 g/mol. The Labute approximate surface area is 161 Å². The maximum Gasteiger partial charge on any atom is 0.00755 e. The fraction of sp³-hybridized carbons (Fsp3) is 0.0833. The Morgan fingerprint density at radius 3 is 1.04 bits per heavy atom. The fourth-order valence-corrected chi connectivity index (χ4v) is 4.61. The van der Waals surface area contributed by atoms with Gasteiger partial charge >= 0.3 is 0 Å². The van der Waals surface area contributed by atoms with Gasteiger partial charge in [0, 0.05) is 9.79 Å². The average molecular weight is 371 g/mol. The third-order valence-corrected chi connectivity index (χ3v) is 6.57. The van der Waals surface area contributed by atoms with E-state index in [1.807, 2.05) is 0 Å². The molecule has 26 heavy (non-hydrogen) atoms. The number of thioether (sulfide) groups is 2. The van der Waals surface area contributed by atoms with E-state index in [2.05, 4.69) is 85.3 Å². The molecule has 0 radical (unpaired) electrons. The normalized spacial score (nSPS) is 11.8. The first-order valence-electron chi connectivity index (χ1n) is 8.66. The minimum atomic E-state index is 1.31. The first kappa shape index (κ1) is 16.0. The Balaban J connectivity index is 1.80. The molecule has 0 saturated heterocycles. The summed E-state index contributed by atoms with van der Waals surface area (Å²) in [4.78, 5) is 2.63. The predicted octanol–water partition coefficient (Wildman–Crippen LogP) is 7.74. The molecule has 0 heterocycles. The molecular weight excluding hydrogens is 352 g/mol. The van der Waals surface area contributed by atoms with Gasteiger partial charge in [-0.3, -0.25) is 0 Å². The van der Waals surface area contributed by atoms with E-state index in [9.17, 15) is 0 Å². The summed E-state index contributed by atoms with van der Waals surface area (Å²) in [7, 11) is 0. The summed E-state index contributed by atoms with van der Waals surface area (Å²) in [5.41, 5.74) is 0. The molecule has 5 aromatic rings. The number of fused-ring (bicyclic) bond motifs is 4. The van der Waals surface area contributed by atoms with Crippen LogP contribution in [0.25, 0.3) is 43.1 Å². The van der Waals surface area contributed by atoms with Gasteiger partial charge in [-0.2, -0.15) is 0 Å². The van der Waals surface area contributed by atoms with E-state index < -0.39 is 0 Å². The van der Waals surface area contributed by atoms with Gasteiger partial charge in [-0.1, -0.05) is 12.1 Å². The van der Waals surface area contributed by atoms with Crippen molar-refractivity contribution in [2.24, 2.45) is 0 Å². The second-order valence-electron chi connectivity index (χ2n) is 6.68. The molecule has 0 aliphatic carbocycles. The molecule has 0 spiro atoms. The highest BCUT2D eigenvalue weighted by Gasteiger charge is 2.04. The van der Waals surface area contributed by atoms with Gasteiger partial charge in [0.15, 0.2) is 0 Å². The zero-order chi connectivity index (χ0) is 17.7. The highest BCUT2D eigenvalue weighted by Crippen LogP contribution is 2.32. The van der Waals surface area contributed by atoms with Crippen molar-refractivity contribution in [3.63, 3.8) is 0 Å². The summed E-state index contributed by atoms with van der Waals surface area (Å²) >= 11 is 3.59. The Hall–Kier alpha value is -2.16. The number of rotatable bonds is 2. The Morgan fingerprint density at radius 1 is 0.385 bits per heavy atom. The minimum Gasteiger partial charge on any atom is -0.130 e. The molecule has 0 saturated carbocycles. The van der Waals surface area contributed by atoms with Crippen LogP contribution >= 0.6 is 23.5 Å². The van der Waals surface area contributed by atoms with Crippen LogP contribution in [0.3, 0.4) is 0 Å². The SMILES string of the molecule is CSc1ccc2cc3cc4cc5ccc(SC)cc5cc4cc3cc2c1. The third-order valence-electron chi connectivity index (χ3n) is 5.12. The van der Waals surface area contributed by atoms with Crippen molar-refractivity contribution in [2.45, 2.75) is 9.79 Å². The van der Waals surface area contributed by atoms with Crippen LogP contribution in [0.2, 0.25) is 0 Å². The van der Waals surface area contributed by atoms with Crippen molar-refractivity contribution < 1.29 is 0 Å². The van der Waals surface area contributed by atoms with E-state index >= 15 is 0 Å². The van der Waals surface area contributed by atoms with Crippen LogP contribution in [-0.4, -0.2) is 12.5 Å². The Morgan fingerprint density at radius 2 is 0.692 bits per heavy atom. The van der Waals surface area contributed by atoms with Gasteiger partial charge < -0.3 is 0 Å². The topological polar surface area (TPSA) is 0 Å². The molecule has 0 aliphatic heterocycles. The van der Waals surface area contributed by atoms with Crippen molar-refractivity contribution in [1.29, 1.82) is 0 Å². The highest BCUT2D eigenvalue weighted by molar-refractivity contribution is 7.98. The molecule has 0 aliphatic rings. The first-order chi connectivity index (χ1) is 12.7. The molecule has 0 bridgehead atoms. The molecule has 5 aromatic carbocycles. The van der Waals surface area contributed by atoms with Gasteiger partial charge in [-0.25, -0.2) is 0 Å². The molecule has 0 nitrogen and oxygen atoms in total. The average Bonchev–Trinajstić information content (AvgIpc) is 2.68. The summed E-state index contributed by atoms with van der Waals surface area (Å²) in [6.07, 6.45) is 4.26. The van der Waals surface area contributed by atoms with Crippen LogP contribution in [-0.2, 0) is 0 Å². The van der Waals surface area contributed by atoms with Gasteiger partial charge in [0.2, 0.25) is 0 Å². The maximum absolute atomic E-state index is 2.33. The van der Waals surface area contributed by atoms with Crippen molar-refractivity contribution >= 4 is 66.6 Å². The van der Waals surface area contributed by atoms with Crippen molar-refractivity contribution in [3.05, 3.63) is 72.8 Å². The molecule has 0 atom stereocenters. The number of benzene rings is 5. The molecular formula is C24H18S2. The van der Waals surface area contributed by atoms with Gasteiger partial charge in [-0.15, -0.1) is 23.5 Å². The van der Waals surface area contributed by atoms with Crippen LogP contribution in [0.1, 0.15) is 0 Å². The molecule has 0 fully saturated rings. The van der Waals surface area contributed by atoms with E-state index in [1.54, 1.807) is 23.5 Å². The van der Waals surface area contributed by atoms with Crippen molar-refractivity contribution in [2.75, 3.05) is 12.5 Å².